The van der Waals surface area contributed by atoms with E-state index in [2.05, 4.69) is 10.2 Å². The number of hydrogen-bond donors (Lipinski definition) is 1. The topological polar surface area (TPSA) is 41.6 Å². The molecular weight excluding hydrogens is 252 g/mol. The van der Waals surface area contributed by atoms with Crippen LogP contribution in [0.25, 0.3) is 0 Å². The zero-order valence-corrected chi connectivity index (χ0v) is 11.2. The predicted molar refractivity (Wildman–Crippen MR) is 72.5 cm³/mol. The fourth-order valence-electron chi connectivity index (χ4n) is 2.00. The molecule has 0 aromatic heterocycles. The Morgan fingerprint density at radius 3 is 2.83 bits per heavy atom. The van der Waals surface area contributed by atoms with Crippen molar-refractivity contribution in [1.29, 1.82) is 0 Å². The number of nitrogens with zero attached hydrogens (tertiary/aromatic N) is 1. The molecule has 1 saturated heterocycles. The van der Waals surface area contributed by atoms with Gasteiger partial charge in [0.15, 0.2) is 0 Å². The Balaban J connectivity index is 2.22. The summed E-state index contributed by atoms with van der Waals surface area (Å²) in [7, 11) is 0. The highest BCUT2D eigenvalue weighted by Crippen LogP contribution is 2.24. The van der Waals surface area contributed by atoms with Crippen LogP contribution in [-0.4, -0.2) is 38.8 Å². The monoisotopic (exact) mass is 268 g/mol. The molecule has 1 aromatic carbocycles. The van der Waals surface area contributed by atoms with Gasteiger partial charge in [0.05, 0.1) is 17.2 Å². The zero-order valence-electron chi connectivity index (χ0n) is 10.4. The Labute approximate surface area is 112 Å². The average Bonchev–Trinajstić information content (AvgIpc) is 2.40. The molecule has 1 aliphatic rings. The van der Waals surface area contributed by atoms with Gasteiger partial charge < -0.3 is 15.0 Å². The Hall–Kier alpha value is -1.26. The van der Waals surface area contributed by atoms with Gasteiger partial charge in [-0.3, -0.25) is 0 Å². The fourth-order valence-corrected chi connectivity index (χ4v) is 2.19. The van der Waals surface area contributed by atoms with Crippen LogP contribution in [0.3, 0.4) is 0 Å². The molecule has 0 unspecified atom stereocenters. The summed E-state index contributed by atoms with van der Waals surface area (Å²) < 4.78 is 5.00. The Kier molecular flexibility index (Phi) is 4.44. The number of rotatable bonds is 3. The van der Waals surface area contributed by atoms with E-state index in [1.54, 1.807) is 13.0 Å². The van der Waals surface area contributed by atoms with Crippen LogP contribution in [0, 0.1) is 0 Å². The number of halogens is 1. The summed E-state index contributed by atoms with van der Waals surface area (Å²) in [5.74, 6) is -0.362. The Morgan fingerprint density at radius 1 is 1.44 bits per heavy atom. The third-order valence-electron chi connectivity index (χ3n) is 2.93. The normalized spacial score (nSPS) is 15.6. The van der Waals surface area contributed by atoms with Gasteiger partial charge >= 0.3 is 5.97 Å². The number of nitrogens with one attached hydrogen (secondary N) is 1. The minimum absolute atomic E-state index is 0.354. The van der Waals surface area contributed by atoms with Gasteiger partial charge in [0.1, 0.15) is 0 Å². The van der Waals surface area contributed by atoms with Gasteiger partial charge in [-0.15, -0.1) is 0 Å². The van der Waals surface area contributed by atoms with Crippen molar-refractivity contribution in [3.63, 3.8) is 0 Å². The number of piperazine rings is 1. The molecule has 1 N–H and O–H groups in total. The fraction of sp³-hybridized carbons (Fsp3) is 0.462. The van der Waals surface area contributed by atoms with E-state index < -0.39 is 0 Å². The molecule has 0 atom stereocenters. The van der Waals surface area contributed by atoms with Gasteiger partial charge in [-0.1, -0.05) is 11.6 Å². The lowest BCUT2D eigenvalue weighted by atomic mass is 10.1. The van der Waals surface area contributed by atoms with Crippen LogP contribution < -0.4 is 10.2 Å². The lowest BCUT2D eigenvalue weighted by Gasteiger charge is -2.29. The summed E-state index contributed by atoms with van der Waals surface area (Å²) in [6.45, 7) is 5.92. The van der Waals surface area contributed by atoms with E-state index >= 15 is 0 Å². The van der Waals surface area contributed by atoms with E-state index in [0.717, 1.165) is 31.9 Å². The van der Waals surface area contributed by atoms with Crippen LogP contribution in [0.1, 0.15) is 17.3 Å². The molecule has 98 valence electrons. The molecule has 4 nitrogen and oxygen atoms in total. The molecule has 1 aliphatic heterocycles. The first kappa shape index (κ1) is 13.2. The van der Waals surface area contributed by atoms with E-state index in [1.807, 2.05) is 12.1 Å². The highest BCUT2D eigenvalue weighted by Gasteiger charge is 2.16. The first-order chi connectivity index (χ1) is 8.72. The van der Waals surface area contributed by atoms with Crippen LogP contribution in [0.15, 0.2) is 18.2 Å². The lowest BCUT2D eigenvalue weighted by molar-refractivity contribution is 0.0526. The van der Waals surface area contributed by atoms with Crippen LogP contribution in [-0.2, 0) is 4.74 Å². The third-order valence-corrected chi connectivity index (χ3v) is 3.26. The number of benzene rings is 1. The van der Waals surface area contributed by atoms with Crippen molar-refractivity contribution in [1.82, 2.24) is 5.32 Å². The summed E-state index contributed by atoms with van der Waals surface area (Å²) in [6, 6.07) is 5.51. The summed E-state index contributed by atoms with van der Waals surface area (Å²) in [5, 5.41) is 3.73. The summed E-state index contributed by atoms with van der Waals surface area (Å²) in [6.07, 6.45) is 0. The molecule has 18 heavy (non-hydrogen) atoms. The van der Waals surface area contributed by atoms with Crippen LogP contribution >= 0.6 is 11.6 Å². The van der Waals surface area contributed by atoms with E-state index in [9.17, 15) is 4.79 Å². The molecular formula is C13H17ClN2O2. The number of carbonyl (C=O) groups excluding carboxylic acids is 1. The first-order valence-corrected chi connectivity index (χ1v) is 6.52. The van der Waals surface area contributed by atoms with E-state index in [1.165, 1.54) is 0 Å². The number of esters is 1. The van der Waals surface area contributed by atoms with Gasteiger partial charge in [0.25, 0.3) is 0 Å². The second-order valence-corrected chi connectivity index (χ2v) is 4.53. The summed E-state index contributed by atoms with van der Waals surface area (Å²) in [5.41, 5.74) is 1.46. The molecule has 0 radical (unpaired) electrons. The minimum atomic E-state index is -0.362. The highest BCUT2D eigenvalue weighted by molar-refractivity contribution is 6.33. The number of carbonyl (C=O) groups is 1. The maximum atomic E-state index is 11.8. The zero-order chi connectivity index (χ0) is 13.0. The van der Waals surface area contributed by atoms with Crippen LogP contribution in [0.5, 0.6) is 0 Å². The molecule has 5 heteroatoms. The van der Waals surface area contributed by atoms with Gasteiger partial charge in [-0.25, -0.2) is 4.79 Å². The first-order valence-electron chi connectivity index (χ1n) is 6.14. The lowest BCUT2D eigenvalue weighted by Crippen LogP contribution is -2.43. The maximum absolute atomic E-state index is 11.8. The van der Waals surface area contributed by atoms with Crippen molar-refractivity contribution >= 4 is 23.3 Å². The number of anilines is 1. The second kappa shape index (κ2) is 6.07. The van der Waals surface area contributed by atoms with Crippen molar-refractivity contribution in [2.75, 3.05) is 37.7 Å². The van der Waals surface area contributed by atoms with Crippen molar-refractivity contribution in [3.05, 3.63) is 28.8 Å². The standard InChI is InChI=1S/C13H17ClN2O2/c1-2-18-13(17)11-9-10(3-4-12(11)14)16-7-5-15-6-8-16/h3-4,9,15H,2,5-8H2,1H3. The van der Waals surface area contributed by atoms with Crippen molar-refractivity contribution < 1.29 is 9.53 Å². The third kappa shape index (κ3) is 2.94. The van der Waals surface area contributed by atoms with Crippen LogP contribution in [0.4, 0.5) is 5.69 Å². The van der Waals surface area contributed by atoms with E-state index in [4.69, 9.17) is 16.3 Å². The van der Waals surface area contributed by atoms with Crippen LogP contribution in [0.2, 0.25) is 5.02 Å². The maximum Gasteiger partial charge on any atom is 0.339 e. The molecule has 2 rings (SSSR count). The SMILES string of the molecule is CCOC(=O)c1cc(N2CCNCC2)ccc1Cl. The van der Waals surface area contributed by atoms with Crippen molar-refractivity contribution in [2.45, 2.75) is 6.92 Å². The highest BCUT2D eigenvalue weighted by atomic mass is 35.5. The molecule has 1 fully saturated rings. The summed E-state index contributed by atoms with van der Waals surface area (Å²) in [4.78, 5) is 14.0. The molecule has 1 heterocycles. The largest absolute Gasteiger partial charge is 0.462 e. The van der Waals surface area contributed by atoms with Crippen molar-refractivity contribution in [2.24, 2.45) is 0 Å². The summed E-state index contributed by atoms with van der Waals surface area (Å²) >= 11 is 6.03. The molecule has 0 amide bonds. The second-order valence-electron chi connectivity index (χ2n) is 4.12. The number of hydrogen-bond acceptors (Lipinski definition) is 4. The molecule has 0 saturated carbocycles. The smallest absolute Gasteiger partial charge is 0.339 e. The Morgan fingerprint density at radius 2 is 2.17 bits per heavy atom. The van der Waals surface area contributed by atoms with E-state index in [-0.39, 0.29) is 5.97 Å². The van der Waals surface area contributed by atoms with Gasteiger partial charge in [-0.2, -0.15) is 0 Å². The van der Waals surface area contributed by atoms with E-state index in [0.29, 0.717) is 17.2 Å². The molecule has 0 aliphatic carbocycles. The predicted octanol–water partition coefficient (Wildman–Crippen LogP) is 1.93. The minimum Gasteiger partial charge on any atom is -0.462 e. The van der Waals surface area contributed by atoms with Gasteiger partial charge in [0.2, 0.25) is 0 Å². The van der Waals surface area contributed by atoms with Gasteiger partial charge in [0, 0.05) is 31.9 Å². The molecule has 0 bridgehead atoms. The quantitative estimate of drug-likeness (QED) is 0.851. The van der Waals surface area contributed by atoms with Crippen molar-refractivity contribution in [3.8, 4) is 0 Å². The molecule has 1 aromatic rings. The molecule has 0 spiro atoms. The van der Waals surface area contributed by atoms with Gasteiger partial charge in [-0.05, 0) is 25.1 Å². The Bertz CT molecular complexity index is 431. The average molecular weight is 269 g/mol. The number of ether oxygens (including phenoxy) is 1.